The average molecular weight is 240 g/mol. The molecule has 0 bridgehead atoms. The summed E-state index contributed by atoms with van der Waals surface area (Å²) in [5, 5.41) is 2.15. The van der Waals surface area contributed by atoms with Gasteiger partial charge in [-0.1, -0.05) is 6.07 Å². The fourth-order valence-electron chi connectivity index (χ4n) is 1.92. The zero-order valence-corrected chi connectivity index (χ0v) is 11.5. The molecule has 1 rings (SSSR count). The van der Waals surface area contributed by atoms with Crippen LogP contribution >= 0.6 is 11.3 Å². The highest BCUT2D eigenvalue weighted by Crippen LogP contribution is 2.16. The molecule has 0 aromatic carbocycles. The van der Waals surface area contributed by atoms with E-state index >= 15 is 0 Å². The number of nitrogens with two attached hydrogens (primary N) is 1. The van der Waals surface area contributed by atoms with E-state index in [1.807, 2.05) is 11.3 Å². The quantitative estimate of drug-likeness (QED) is 0.794. The first-order valence-corrected chi connectivity index (χ1v) is 6.97. The fraction of sp³-hybridized carbons (Fsp3) is 0.692. The van der Waals surface area contributed by atoms with Crippen molar-refractivity contribution >= 4 is 11.3 Å². The lowest BCUT2D eigenvalue weighted by Crippen LogP contribution is -2.38. The van der Waals surface area contributed by atoms with E-state index in [-0.39, 0.29) is 0 Å². The Bertz CT molecular complexity index is 271. The molecule has 16 heavy (non-hydrogen) atoms. The number of nitrogens with zero attached hydrogens (tertiary/aromatic N) is 1. The number of hydrogen-bond acceptors (Lipinski definition) is 3. The summed E-state index contributed by atoms with van der Waals surface area (Å²) in [7, 11) is 2.22. The highest BCUT2D eigenvalue weighted by atomic mass is 32.1. The van der Waals surface area contributed by atoms with Gasteiger partial charge in [-0.25, -0.2) is 0 Å². The monoisotopic (exact) mass is 240 g/mol. The second-order valence-electron chi connectivity index (χ2n) is 4.58. The summed E-state index contributed by atoms with van der Waals surface area (Å²) < 4.78 is 0. The third kappa shape index (κ3) is 4.24. The van der Waals surface area contributed by atoms with Crippen LogP contribution in [0.2, 0.25) is 0 Å². The molecule has 1 heterocycles. The highest BCUT2D eigenvalue weighted by Gasteiger charge is 2.15. The molecule has 0 aliphatic carbocycles. The van der Waals surface area contributed by atoms with E-state index in [9.17, 15) is 0 Å². The van der Waals surface area contributed by atoms with Crippen molar-refractivity contribution in [2.75, 3.05) is 13.6 Å². The molecule has 0 aliphatic rings. The molecule has 0 aliphatic heterocycles. The van der Waals surface area contributed by atoms with E-state index in [2.05, 4.69) is 43.3 Å². The second kappa shape index (κ2) is 7.05. The predicted molar refractivity (Wildman–Crippen MR) is 73.0 cm³/mol. The maximum atomic E-state index is 5.55. The Kier molecular flexibility index (Phi) is 6.03. The van der Waals surface area contributed by atoms with Crippen molar-refractivity contribution in [1.82, 2.24) is 4.90 Å². The van der Waals surface area contributed by atoms with Gasteiger partial charge in [-0.05, 0) is 58.1 Å². The Morgan fingerprint density at radius 1 is 1.38 bits per heavy atom. The lowest BCUT2D eigenvalue weighted by molar-refractivity contribution is 0.185. The van der Waals surface area contributed by atoms with E-state index in [1.54, 1.807) is 0 Å². The SMILES string of the molecule is CC(CCCN)N(C)C(C)Cc1cccs1. The third-order valence-electron chi connectivity index (χ3n) is 3.29. The van der Waals surface area contributed by atoms with Gasteiger partial charge in [0, 0.05) is 17.0 Å². The molecule has 2 N–H and O–H groups in total. The summed E-state index contributed by atoms with van der Waals surface area (Å²) >= 11 is 1.85. The van der Waals surface area contributed by atoms with Crippen LogP contribution in [-0.2, 0) is 6.42 Å². The second-order valence-corrected chi connectivity index (χ2v) is 5.61. The molecule has 92 valence electrons. The van der Waals surface area contributed by atoms with Crippen molar-refractivity contribution in [2.24, 2.45) is 5.73 Å². The number of hydrogen-bond donors (Lipinski definition) is 1. The van der Waals surface area contributed by atoms with E-state index in [0.29, 0.717) is 12.1 Å². The maximum Gasteiger partial charge on any atom is 0.0115 e. The lowest BCUT2D eigenvalue weighted by atomic mass is 10.1. The Morgan fingerprint density at radius 3 is 2.69 bits per heavy atom. The van der Waals surface area contributed by atoms with Crippen LogP contribution in [0.4, 0.5) is 0 Å². The Balaban J connectivity index is 2.37. The van der Waals surface area contributed by atoms with Crippen molar-refractivity contribution < 1.29 is 0 Å². The largest absolute Gasteiger partial charge is 0.330 e. The van der Waals surface area contributed by atoms with Gasteiger partial charge in [-0.15, -0.1) is 11.3 Å². The van der Waals surface area contributed by atoms with Gasteiger partial charge in [-0.3, -0.25) is 0 Å². The molecule has 1 aromatic rings. The van der Waals surface area contributed by atoms with Crippen molar-refractivity contribution in [3.8, 4) is 0 Å². The highest BCUT2D eigenvalue weighted by molar-refractivity contribution is 7.09. The smallest absolute Gasteiger partial charge is 0.0115 e. The lowest BCUT2D eigenvalue weighted by Gasteiger charge is -2.30. The summed E-state index contributed by atoms with van der Waals surface area (Å²) in [5.41, 5.74) is 5.55. The van der Waals surface area contributed by atoms with Gasteiger partial charge >= 0.3 is 0 Å². The summed E-state index contributed by atoms with van der Waals surface area (Å²) in [6.07, 6.45) is 3.47. The van der Waals surface area contributed by atoms with Crippen LogP contribution in [0.1, 0.15) is 31.6 Å². The Morgan fingerprint density at radius 2 is 2.12 bits per heavy atom. The topological polar surface area (TPSA) is 29.3 Å². The first-order chi connectivity index (χ1) is 7.65. The zero-order chi connectivity index (χ0) is 12.0. The summed E-state index contributed by atoms with van der Waals surface area (Å²) in [5.74, 6) is 0. The first-order valence-electron chi connectivity index (χ1n) is 6.09. The molecule has 0 amide bonds. The van der Waals surface area contributed by atoms with Gasteiger partial charge in [0.15, 0.2) is 0 Å². The van der Waals surface area contributed by atoms with Crippen molar-refractivity contribution in [1.29, 1.82) is 0 Å². The van der Waals surface area contributed by atoms with Crippen LogP contribution in [0.15, 0.2) is 17.5 Å². The van der Waals surface area contributed by atoms with E-state index in [1.165, 1.54) is 11.3 Å². The molecule has 0 radical (unpaired) electrons. The minimum atomic E-state index is 0.603. The van der Waals surface area contributed by atoms with E-state index < -0.39 is 0 Å². The standard InChI is InChI=1S/C13H24N2S/c1-11(6-4-8-14)15(3)12(2)10-13-7-5-9-16-13/h5,7,9,11-12H,4,6,8,10,14H2,1-3H3. The van der Waals surface area contributed by atoms with Gasteiger partial charge in [0.1, 0.15) is 0 Å². The molecule has 0 saturated heterocycles. The van der Waals surface area contributed by atoms with Crippen LogP contribution in [0, 0.1) is 0 Å². The molecular formula is C13H24N2S. The van der Waals surface area contributed by atoms with Crippen molar-refractivity contribution in [3.63, 3.8) is 0 Å². The molecule has 2 atom stereocenters. The van der Waals surface area contributed by atoms with Crippen molar-refractivity contribution in [2.45, 2.75) is 45.2 Å². The average Bonchev–Trinajstić information content (AvgIpc) is 2.77. The van der Waals surface area contributed by atoms with Gasteiger partial charge in [0.05, 0.1) is 0 Å². The molecule has 0 spiro atoms. The van der Waals surface area contributed by atoms with E-state index in [4.69, 9.17) is 5.73 Å². The van der Waals surface area contributed by atoms with Crippen molar-refractivity contribution in [3.05, 3.63) is 22.4 Å². The van der Waals surface area contributed by atoms with Crippen LogP contribution in [0.5, 0.6) is 0 Å². The minimum absolute atomic E-state index is 0.603. The molecule has 3 heteroatoms. The molecule has 0 saturated carbocycles. The molecule has 2 nitrogen and oxygen atoms in total. The predicted octanol–water partition coefficient (Wildman–Crippen LogP) is 2.74. The van der Waals surface area contributed by atoms with Crippen LogP contribution in [0.3, 0.4) is 0 Å². The number of rotatable bonds is 7. The van der Waals surface area contributed by atoms with Gasteiger partial charge in [0.2, 0.25) is 0 Å². The molecule has 1 aromatic heterocycles. The molecular weight excluding hydrogens is 216 g/mol. The van der Waals surface area contributed by atoms with Crippen LogP contribution < -0.4 is 5.73 Å². The Hall–Kier alpha value is -0.380. The summed E-state index contributed by atoms with van der Waals surface area (Å²) in [4.78, 5) is 3.94. The molecule has 0 fully saturated rings. The van der Waals surface area contributed by atoms with Gasteiger partial charge < -0.3 is 10.6 Å². The van der Waals surface area contributed by atoms with E-state index in [0.717, 1.165) is 19.4 Å². The zero-order valence-electron chi connectivity index (χ0n) is 10.6. The number of likely N-dealkylation sites (N-methyl/N-ethyl adjacent to an activating group) is 1. The fourth-order valence-corrected chi connectivity index (χ4v) is 2.74. The minimum Gasteiger partial charge on any atom is -0.330 e. The summed E-state index contributed by atoms with van der Waals surface area (Å²) in [6.45, 7) is 5.40. The molecule has 2 unspecified atom stereocenters. The van der Waals surface area contributed by atoms with Gasteiger partial charge in [-0.2, -0.15) is 0 Å². The van der Waals surface area contributed by atoms with Gasteiger partial charge in [0.25, 0.3) is 0 Å². The number of thiophene rings is 1. The summed E-state index contributed by atoms with van der Waals surface area (Å²) in [6, 6.07) is 5.58. The third-order valence-corrected chi connectivity index (χ3v) is 4.19. The van der Waals surface area contributed by atoms with Crippen LogP contribution in [0.25, 0.3) is 0 Å². The van der Waals surface area contributed by atoms with Crippen LogP contribution in [-0.4, -0.2) is 30.6 Å². The normalized spacial score (nSPS) is 15.3. The maximum absolute atomic E-state index is 5.55. The first kappa shape index (κ1) is 13.7. The Labute approximate surface area is 103 Å².